The van der Waals surface area contributed by atoms with Gasteiger partial charge in [-0.2, -0.15) is 0 Å². The maximum Gasteiger partial charge on any atom is 0.274 e. The van der Waals surface area contributed by atoms with E-state index in [2.05, 4.69) is 4.98 Å². The highest BCUT2D eigenvalue weighted by Gasteiger charge is 2.30. The Morgan fingerprint density at radius 1 is 1.03 bits per heavy atom. The van der Waals surface area contributed by atoms with Crippen molar-refractivity contribution in [3.63, 3.8) is 0 Å². The van der Waals surface area contributed by atoms with Gasteiger partial charge in [-0.15, -0.1) is 0 Å². The fourth-order valence-electron chi connectivity index (χ4n) is 3.82. The van der Waals surface area contributed by atoms with Crippen molar-refractivity contribution in [3.8, 4) is 5.69 Å². The molecule has 0 aliphatic carbocycles. The molecule has 1 heterocycles. The average Bonchev–Trinajstić information content (AvgIpc) is 3.29. The van der Waals surface area contributed by atoms with Crippen molar-refractivity contribution < 1.29 is 23.2 Å². The van der Waals surface area contributed by atoms with Crippen LogP contribution in [0, 0.1) is 17.5 Å². The molecule has 5 nitrogen and oxygen atoms in total. The number of carbonyl (C=O) groups is 1. The van der Waals surface area contributed by atoms with Crippen LogP contribution in [0.4, 0.5) is 13.2 Å². The molecule has 11 heteroatoms. The third kappa shape index (κ3) is 5.50. The first-order chi connectivity index (χ1) is 17.5. The summed E-state index contributed by atoms with van der Waals surface area (Å²) in [6, 6.07) is 12.8. The third-order valence-corrected chi connectivity index (χ3v) is 7.66. The largest absolute Gasteiger partial charge is 0.291 e. The molecular weight excluding hydrogens is 546 g/mol. The zero-order valence-electron chi connectivity index (χ0n) is 19.5. The fraction of sp³-hybridized carbons (Fsp3) is 0.154. The molecule has 3 aromatic carbocycles. The van der Waals surface area contributed by atoms with E-state index in [9.17, 15) is 18.0 Å². The number of hydroxylamine groups is 1. The molecule has 192 valence electrons. The molecule has 2 N–H and O–H groups in total. The van der Waals surface area contributed by atoms with E-state index in [1.807, 2.05) is 19.9 Å². The van der Waals surface area contributed by atoms with Crippen LogP contribution in [0.2, 0.25) is 10.0 Å². The second kappa shape index (κ2) is 10.8. The van der Waals surface area contributed by atoms with Crippen LogP contribution in [0.25, 0.3) is 5.69 Å². The van der Waals surface area contributed by atoms with Gasteiger partial charge in [0.05, 0.1) is 21.9 Å². The van der Waals surface area contributed by atoms with Gasteiger partial charge in [-0.3, -0.25) is 14.6 Å². The van der Waals surface area contributed by atoms with Crippen LogP contribution < -0.4 is 5.48 Å². The van der Waals surface area contributed by atoms with Gasteiger partial charge in [-0.25, -0.2) is 23.6 Å². The number of rotatable bonds is 7. The monoisotopic (exact) mass is 565 g/mol. The summed E-state index contributed by atoms with van der Waals surface area (Å²) in [6.07, 6.45) is 1.65. The summed E-state index contributed by atoms with van der Waals surface area (Å²) < 4.78 is 44.8. The van der Waals surface area contributed by atoms with Gasteiger partial charge in [0.25, 0.3) is 5.91 Å². The zero-order valence-corrected chi connectivity index (χ0v) is 21.9. The predicted molar refractivity (Wildman–Crippen MR) is 137 cm³/mol. The Balaban J connectivity index is 1.76. The molecule has 1 aromatic heterocycles. The zero-order chi connectivity index (χ0) is 26.9. The van der Waals surface area contributed by atoms with Gasteiger partial charge in [-0.05, 0) is 54.1 Å². The van der Waals surface area contributed by atoms with Crippen LogP contribution in [0.3, 0.4) is 0 Å². The summed E-state index contributed by atoms with van der Waals surface area (Å²) in [4.78, 5) is 16.0. The molecule has 1 amide bonds. The van der Waals surface area contributed by atoms with E-state index in [4.69, 9.17) is 28.4 Å². The lowest BCUT2D eigenvalue weighted by molar-refractivity contribution is 0.0705. The molecule has 4 rings (SSSR count). The Bertz CT molecular complexity index is 1450. The van der Waals surface area contributed by atoms with Gasteiger partial charge in [0.15, 0.2) is 5.16 Å². The number of thioether (sulfide) groups is 1. The van der Waals surface area contributed by atoms with Crippen LogP contribution in [-0.4, -0.2) is 20.7 Å². The Labute approximate surface area is 225 Å². The SMILES string of the molecule is CC(C)(c1ccc(Cl)c(Cl)c1)c1cnc(SCc2c(F)cc(C(=O)NO)cc2F)n1-c1ccc(F)cc1. The minimum atomic E-state index is -1.03. The lowest BCUT2D eigenvalue weighted by atomic mass is 9.81. The average molecular weight is 566 g/mol. The lowest BCUT2D eigenvalue weighted by Gasteiger charge is -2.28. The molecule has 0 atom stereocenters. The van der Waals surface area contributed by atoms with Crippen molar-refractivity contribution in [2.24, 2.45) is 0 Å². The van der Waals surface area contributed by atoms with Gasteiger partial charge in [0, 0.05) is 28.0 Å². The summed E-state index contributed by atoms with van der Waals surface area (Å²) in [5, 5.41) is 9.94. The quantitative estimate of drug-likeness (QED) is 0.140. The third-order valence-electron chi connectivity index (χ3n) is 5.95. The van der Waals surface area contributed by atoms with Crippen LogP contribution in [0.5, 0.6) is 0 Å². The first kappa shape index (κ1) is 27.1. The topological polar surface area (TPSA) is 67.2 Å². The number of hydrogen-bond donors (Lipinski definition) is 2. The van der Waals surface area contributed by atoms with Crippen LogP contribution in [0.1, 0.15) is 41.0 Å². The summed E-state index contributed by atoms with van der Waals surface area (Å²) in [7, 11) is 0. The first-order valence-electron chi connectivity index (χ1n) is 10.9. The smallest absolute Gasteiger partial charge is 0.274 e. The van der Waals surface area contributed by atoms with Crippen molar-refractivity contribution in [1.29, 1.82) is 0 Å². The van der Waals surface area contributed by atoms with Crippen molar-refractivity contribution in [2.45, 2.75) is 30.2 Å². The Kier molecular flexibility index (Phi) is 7.89. The molecule has 0 saturated carbocycles. The highest BCUT2D eigenvalue weighted by molar-refractivity contribution is 7.98. The van der Waals surface area contributed by atoms with E-state index in [1.54, 1.807) is 35.0 Å². The fourth-order valence-corrected chi connectivity index (χ4v) is 5.13. The molecule has 0 unspecified atom stereocenters. The van der Waals surface area contributed by atoms with Crippen molar-refractivity contribution in [3.05, 3.63) is 111 Å². The molecular formula is C26H20Cl2F3N3O2S. The highest BCUT2D eigenvalue weighted by atomic mass is 35.5. The molecule has 0 bridgehead atoms. The number of carbonyl (C=O) groups excluding carboxylic acids is 1. The number of hydrogen-bond acceptors (Lipinski definition) is 4. The summed E-state index contributed by atoms with van der Waals surface area (Å²) >= 11 is 13.4. The number of aromatic nitrogens is 2. The number of nitrogens with one attached hydrogen (secondary N) is 1. The van der Waals surface area contributed by atoms with Gasteiger partial charge >= 0.3 is 0 Å². The van der Waals surface area contributed by atoms with Crippen LogP contribution in [0.15, 0.2) is 66.0 Å². The summed E-state index contributed by atoms with van der Waals surface area (Å²) in [5.41, 5.74) is 2.24. The van der Waals surface area contributed by atoms with E-state index in [0.717, 1.165) is 35.2 Å². The van der Waals surface area contributed by atoms with Crippen LogP contribution >= 0.6 is 35.0 Å². The molecule has 0 aliphatic rings. The van der Waals surface area contributed by atoms with Gasteiger partial charge < -0.3 is 0 Å². The molecule has 0 fully saturated rings. The van der Waals surface area contributed by atoms with E-state index < -0.39 is 28.8 Å². The van der Waals surface area contributed by atoms with Crippen molar-refractivity contribution in [1.82, 2.24) is 15.0 Å². The minimum Gasteiger partial charge on any atom is -0.291 e. The Hall–Kier alpha value is -2.98. The number of nitrogens with zero attached hydrogens (tertiary/aromatic N) is 2. The molecule has 0 saturated heterocycles. The maximum atomic E-state index is 14.7. The molecule has 37 heavy (non-hydrogen) atoms. The van der Waals surface area contributed by atoms with E-state index >= 15 is 0 Å². The molecule has 4 aromatic rings. The molecule has 0 aliphatic heterocycles. The standard InChI is InChI=1S/C26H20Cl2F3N3O2S/c1-26(2,15-3-8-19(27)20(28)11-15)23-12-32-25(34(23)17-6-4-16(29)5-7-17)37-13-18-21(30)9-14(10-22(18)31)24(35)33-36/h3-12,36H,13H2,1-2H3,(H,33,35). The van der Waals surface area contributed by atoms with Gasteiger partial charge in [-0.1, -0.05) is 54.9 Å². The Morgan fingerprint density at radius 2 is 1.68 bits per heavy atom. The predicted octanol–water partition coefficient (Wildman–Crippen LogP) is 7.33. The normalized spacial score (nSPS) is 11.6. The van der Waals surface area contributed by atoms with Crippen molar-refractivity contribution in [2.75, 3.05) is 0 Å². The summed E-state index contributed by atoms with van der Waals surface area (Å²) in [5.74, 6) is -3.48. The number of halogens is 5. The van der Waals surface area contributed by atoms with E-state index in [0.29, 0.717) is 20.9 Å². The number of benzene rings is 3. The first-order valence-corrected chi connectivity index (χ1v) is 12.6. The highest BCUT2D eigenvalue weighted by Crippen LogP contribution is 2.38. The molecule has 0 spiro atoms. The second-order valence-electron chi connectivity index (χ2n) is 8.64. The van der Waals surface area contributed by atoms with Crippen molar-refractivity contribution >= 4 is 40.9 Å². The Morgan fingerprint density at radius 3 is 2.27 bits per heavy atom. The number of amides is 1. The summed E-state index contributed by atoms with van der Waals surface area (Å²) in [6.45, 7) is 3.92. The second-order valence-corrected chi connectivity index (χ2v) is 10.4. The van der Waals surface area contributed by atoms with Gasteiger partial charge in [0.1, 0.15) is 17.5 Å². The van der Waals surface area contributed by atoms with E-state index in [-0.39, 0.29) is 16.9 Å². The minimum absolute atomic E-state index is 0.149. The van der Waals surface area contributed by atoms with Gasteiger partial charge in [0.2, 0.25) is 0 Å². The maximum absolute atomic E-state index is 14.7. The number of imidazole rings is 1. The van der Waals surface area contributed by atoms with E-state index in [1.165, 1.54) is 17.6 Å². The molecule has 0 radical (unpaired) electrons. The lowest BCUT2D eigenvalue weighted by Crippen LogP contribution is -2.23. The van der Waals surface area contributed by atoms with Crippen LogP contribution in [-0.2, 0) is 11.2 Å².